The molecule has 0 spiro atoms. The fraction of sp³-hybridized carbons (Fsp3) is 0.556. The van der Waals surface area contributed by atoms with Gasteiger partial charge in [-0.05, 0) is 29.9 Å². The van der Waals surface area contributed by atoms with Gasteiger partial charge in [0.1, 0.15) is 0 Å². The first-order valence-corrected chi connectivity index (χ1v) is 7.85. The standard InChI is InChI=1S/C18H27NO3/c1-13(2)9-18(21)22-12-14(3)10-17(20)19-11-16-8-6-5-7-15(16)4/h5-8,13-14H,9-12H2,1-4H3,(H,19,20)/t14-/m1/s1. The summed E-state index contributed by atoms with van der Waals surface area (Å²) in [5.74, 6) is 0.103. The third-order valence-corrected chi connectivity index (χ3v) is 3.37. The largest absolute Gasteiger partial charge is 0.465 e. The van der Waals surface area contributed by atoms with Crippen molar-refractivity contribution in [3.05, 3.63) is 35.4 Å². The van der Waals surface area contributed by atoms with E-state index < -0.39 is 0 Å². The lowest BCUT2D eigenvalue weighted by molar-refractivity contribution is -0.146. The van der Waals surface area contributed by atoms with Gasteiger partial charge in [-0.25, -0.2) is 0 Å². The molecular weight excluding hydrogens is 278 g/mol. The minimum atomic E-state index is -0.192. The molecule has 1 rings (SSSR count). The van der Waals surface area contributed by atoms with Gasteiger partial charge in [0.2, 0.25) is 5.91 Å². The van der Waals surface area contributed by atoms with Crippen molar-refractivity contribution in [2.75, 3.05) is 6.61 Å². The molecule has 0 saturated heterocycles. The maximum atomic E-state index is 11.9. The Kier molecular flexibility index (Phi) is 7.64. The van der Waals surface area contributed by atoms with E-state index in [-0.39, 0.29) is 17.8 Å². The number of amides is 1. The minimum Gasteiger partial charge on any atom is -0.465 e. The van der Waals surface area contributed by atoms with Gasteiger partial charge < -0.3 is 10.1 Å². The van der Waals surface area contributed by atoms with Crippen LogP contribution in [0.5, 0.6) is 0 Å². The van der Waals surface area contributed by atoms with Gasteiger partial charge in [-0.1, -0.05) is 45.0 Å². The van der Waals surface area contributed by atoms with Crippen LogP contribution < -0.4 is 5.32 Å². The van der Waals surface area contributed by atoms with Crippen molar-refractivity contribution in [2.45, 2.75) is 47.1 Å². The molecule has 4 nitrogen and oxygen atoms in total. The van der Waals surface area contributed by atoms with Gasteiger partial charge in [-0.3, -0.25) is 9.59 Å². The molecule has 22 heavy (non-hydrogen) atoms. The number of hydrogen-bond donors (Lipinski definition) is 1. The first kappa shape index (κ1) is 18.2. The highest BCUT2D eigenvalue weighted by Crippen LogP contribution is 2.08. The molecule has 0 heterocycles. The average Bonchev–Trinajstić information content (AvgIpc) is 2.43. The van der Waals surface area contributed by atoms with Gasteiger partial charge in [-0.2, -0.15) is 0 Å². The quantitative estimate of drug-likeness (QED) is 0.750. The fourth-order valence-corrected chi connectivity index (χ4v) is 2.08. The molecule has 0 radical (unpaired) electrons. The lowest BCUT2D eigenvalue weighted by Gasteiger charge is -2.13. The molecule has 1 N–H and O–H groups in total. The van der Waals surface area contributed by atoms with Crippen molar-refractivity contribution in [1.82, 2.24) is 5.32 Å². The number of aryl methyl sites for hydroxylation is 1. The zero-order chi connectivity index (χ0) is 16.5. The summed E-state index contributed by atoms with van der Waals surface area (Å²) in [4.78, 5) is 23.4. The van der Waals surface area contributed by atoms with E-state index in [1.165, 1.54) is 5.56 Å². The molecule has 1 atom stereocenters. The van der Waals surface area contributed by atoms with Crippen molar-refractivity contribution in [2.24, 2.45) is 11.8 Å². The van der Waals surface area contributed by atoms with Gasteiger partial charge in [0.25, 0.3) is 0 Å². The topological polar surface area (TPSA) is 55.4 Å². The summed E-state index contributed by atoms with van der Waals surface area (Å²) < 4.78 is 5.18. The molecule has 0 aromatic heterocycles. The summed E-state index contributed by atoms with van der Waals surface area (Å²) in [7, 11) is 0. The van der Waals surface area contributed by atoms with Gasteiger partial charge in [0.05, 0.1) is 6.61 Å². The van der Waals surface area contributed by atoms with Crippen LogP contribution in [0.25, 0.3) is 0 Å². The van der Waals surface area contributed by atoms with Crippen LogP contribution in [0.3, 0.4) is 0 Å². The molecule has 0 aliphatic carbocycles. The summed E-state index contributed by atoms with van der Waals surface area (Å²) >= 11 is 0. The predicted molar refractivity (Wildman–Crippen MR) is 87.2 cm³/mol. The van der Waals surface area contributed by atoms with Crippen molar-refractivity contribution >= 4 is 11.9 Å². The van der Waals surface area contributed by atoms with Crippen LogP contribution in [-0.2, 0) is 20.9 Å². The Labute approximate surface area is 133 Å². The molecule has 0 fully saturated rings. The normalized spacial score (nSPS) is 12.0. The fourth-order valence-electron chi connectivity index (χ4n) is 2.08. The molecule has 0 aliphatic rings. The summed E-state index contributed by atoms with van der Waals surface area (Å²) in [6.45, 7) is 8.72. The molecule has 4 heteroatoms. The monoisotopic (exact) mass is 305 g/mol. The van der Waals surface area contributed by atoms with E-state index in [0.717, 1.165) is 5.56 Å². The number of rotatable bonds is 8. The number of hydrogen-bond acceptors (Lipinski definition) is 3. The van der Waals surface area contributed by atoms with Crippen LogP contribution in [0.4, 0.5) is 0 Å². The van der Waals surface area contributed by atoms with E-state index in [2.05, 4.69) is 5.32 Å². The Bertz CT molecular complexity index is 497. The van der Waals surface area contributed by atoms with Crippen LogP contribution in [0.15, 0.2) is 24.3 Å². The van der Waals surface area contributed by atoms with Crippen molar-refractivity contribution < 1.29 is 14.3 Å². The first-order valence-electron chi connectivity index (χ1n) is 7.85. The summed E-state index contributed by atoms with van der Waals surface area (Å²) in [5.41, 5.74) is 2.28. The maximum Gasteiger partial charge on any atom is 0.306 e. The van der Waals surface area contributed by atoms with E-state index in [9.17, 15) is 9.59 Å². The van der Waals surface area contributed by atoms with E-state index in [0.29, 0.717) is 31.9 Å². The zero-order valence-corrected chi connectivity index (χ0v) is 14.0. The molecule has 1 aromatic carbocycles. The third kappa shape index (κ3) is 7.25. The smallest absolute Gasteiger partial charge is 0.306 e. The highest BCUT2D eigenvalue weighted by molar-refractivity contribution is 5.76. The van der Waals surface area contributed by atoms with E-state index in [1.54, 1.807) is 0 Å². The second-order valence-electron chi connectivity index (χ2n) is 6.29. The van der Waals surface area contributed by atoms with E-state index in [4.69, 9.17) is 4.74 Å². The first-order chi connectivity index (χ1) is 10.4. The summed E-state index contributed by atoms with van der Waals surface area (Å²) in [5, 5.41) is 2.91. The van der Waals surface area contributed by atoms with Gasteiger partial charge in [-0.15, -0.1) is 0 Å². The Morgan fingerprint density at radius 2 is 1.82 bits per heavy atom. The number of carbonyl (C=O) groups is 2. The Hall–Kier alpha value is -1.84. The zero-order valence-electron chi connectivity index (χ0n) is 14.0. The molecule has 1 amide bonds. The summed E-state index contributed by atoms with van der Waals surface area (Å²) in [6, 6.07) is 7.98. The average molecular weight is 305 g/mol. The summed E-state index contributed by atoms with van der Waals surface area (Å²) in [6.07, 6.45) is 0.785. The molecule has 0 aliphatic heterocycles. The van der Waals surface area contributed by atoms with Crippen LogP contribution in [0, 0.1) is 18.8 Å². The molecular formula is C18H27NO3. The van der Waals surface area contributed by atoms with E-state index >= 15 is 0 Å². The molecule has 0 saturated carbocycles. The molecule has 0 unspecified atom stereocenters. The van der Waals surface area contributed by atoms with Crippen LogP contribution in [-0.4, -0.2) is 18.5 Å². The predicted octanol–water partition coefficient (Wildman–Crippen LogP) is 3.23. The number of benzene rings is 1. The highest BCUT2D eigenvalue weighted by Gasteiger charge is 2.13. The minimum absolute atomic E-state index is 0.0179. The van der Waals surface area contributed by atoms with Crippen molar-refractivity contribution in [1.29, 1.82) is 0 Å². The van der Waals surface area contributed by atoms with Crippen LogP contribution in [0.1, 0.15) is 44.7 Å². The molecule has 122 valence electrons. The molecule has 1 aromatic rings. The van der Waals surface area contributed by atoms with Crippen molar-refractivity contribution in [3.63, 3.8) is 0 Å². The lowest BCUT2D eigenvalue weighted by atomic mass is 10.1. The second kappa shape index (κ2) is 9.23. The Balaban J connectivity index is 2.27. The number of nitrogens with one attached hydrogen (secondary N) is 1. The Morgan fingerprint density at radius 1 is 1.14 bits per heavy atom. The van der Waals surface area contributed by atoms with Crippen LogP contribution >= 0.6 is 0 Å². The maximum absolute atomic E-state index is 11.9. The van der Waals surface area contributed by atoms with Crippen LogP contribution in [0.2, 0.25) is 0 Å². The number of carbonyl (C=O) groups excluding carboxylic acids is 2. The van der Waals surface area contributed by atoms with Gasteiger partial charge in [0.15, 0.2) is 0 Å². The SMILES string of the molecule is Cc1ccccc1CNC(=O)C[C@@H](C)COC(=O)CC(C)C. The molecule has 0 bridgehead atoms. The Morgan fingerprint density at radius 3 is 2.45 bits per heavy atom. The number of esters is 1. The highest BCUT2D eigenvalue weighted by atomic mass is 16.5. The van der Waals surface area contributed by atoms with Gasteiger partial charge in [0, 0.05) is 19.4 Å². The number of ether oxygens (including phenoxy) is 1. The lowest BCUT2D eigenvalue weighted by Crippen LogP contribution is -2.26. The van der Waals surface area contributed by atoms with E-state index in [1.807, 2.05) is 52.0 Å². The second-order valence-corrected chi connectivity index (χ2v) is 6.29. The third-order valence-electron chi connectivity index (χ3n) is 3.37. The van der Waals surface area contributed by atoms with Crippen molar-refractivity contribution in [3.8, 4) is 0 Å². The van der Waals surface area contributed by atoms with Gasteiger partial charge >= 0.3 is 5.97 Å².